The Morgan fingerprint density at radius 3 is 2.40 bits per heavy atom. The van der Waals surface area contributed by atoms with Crippen LogP contribution in [0.5, 0.6) is 0 Å². The van der Waals surface area contributed by atoms with Crippen molar-refractivity contribution in [1.29, 1.82) is 0 Å². The lowest BCUT2D eigenvalue weighted by Crippen LogP contribution is -2.23. The summed E-state index contributed by atoms with van der Waals surface area (Å²) in [5.41, 5.74) is 0. The summed E-state index contributed by atoms with van der Waals surface area (Å²) in [6.07, 6.45) is 0.766. The van der Waals surface area contributed by atoms with Crippen LogP contribution in [0.1, 0.15) is 6.42 Å². The molecule has 0 N–H and O–H groups in total. The fourth-order valence-electron chi connectivity index (χ4n) is 0.391. The molecule has 62 valence electrons. The Kier molecular flexibility index (Phi) is 4.84. The number of rotatable bonds is 4. The summed E-state index contributed by atoms with van der Waals surface area (Å²) in [4.78, 5) is 0. The van der Waals surface area contributed by atoms with Gasteiger partial charge in [0.2, 0.25) is 0 Å². The molecule has 3 nitrogen and oxygen atoms in total. The second-order valence-corrected chi connectivity index (χ2v) is 5.22. The van der Waals surface area contributed by atoms with E-state index in [-0.39, 0.29) is 0 Å². The highest BCUT2D eigenvalue weighted by Gasteiger charge is 2.11. The molecule has 0 fully saturated rings. The molecule has 0 amide bonds. The molecule has 0 aliphatic heterocycles. The zero-order valence-corrected chi connectivity index (χ0v) is 8.71. The lowest BCUT2D eigenvalue weighted by molar-refractivity contribution is 0.483. The monoisotopic (exact) mass is 249 g/mol. The summed E-state index contributed by atoms with van der Waals surface area (Å²) in [6, 6.07) is 0. The summed E-state index contributed by atoms with van der Waals surface area (Å²) < 4.78 is 22.1. The van der Waals surface area contributed by atoms with Crippen LogP contribution in [0.3, 0.4) is 0 Å². The zero-order chi connectivity index (χ0) is 8.20. The van der Waals surface area contributed by atoms with Gasteiger partial charge in [-0.1, -0.05) is 15.9 Å². The molecule has 0 atom stereocenters. The average molecular weight is 251 g/mol. The largest absolute Gasteiger partial charge is 0.299 e. The van der Waals surface area contributed by atoms with E-state index in [1.165, 1.54) is 7.05 Å². The van der Waals surface area contributed by atoms with Crippen LogP contribution >= 0.6 is 26.6 Å². The molecule has 0 aromatic heterocycles. The van der Waals surface area contributed by atoms with Crippen molar-refractivity contribution in [3.05, 3.63) is 0 Å². The Morgan fingerprint density at radius 2 is 2.10 bits per heavy atom. The summed E-state index contributed by atoms with van der Waals surface area (Å²) in [5.74, 6) is 0. The predicted molar refractivity (Wildman–Crippen MR) is 45.8 cm³/mol. The molecule has 0 saturated carbocycles. The molecule has 0 saturated heterocycles. The summed E-state index contributed by atoms with van der Waals surface area (Å²) in [6.45, 7) is 0.455. The van der Waals surface area contributed by atoms with Crippen LogP contribution in [0.25, 0.3) is 0 Å². The molecular formula is C4H9BrClNO2S. The first kappa shape index (κ1) is 10.7. The fourth-order valence-corrected chi connectivity index (χ4v) is 1.20. The molecule has 0 spiro atoms. The fraction of sp³-hybridized carbons (Fsp3) is 1.00. The Balaban J connectivity index is 3.75. The van der Waals surface area contributed by atoms with Gasteiger partial charge in [-0.3, -0.25) is 0 Å². The highest BCUT2D eigenvalue weighted by Crippen LogP contribution is 2.03. The first-order chi connectivity index (χ1) is 4.48. The number of alkyl halides is 1. The molecule has 6 heteroatoms. The van der Waals surface area contributed by atoms with E-state index in [1.54, 1.807) is 0 Å². The van der Waals surface area contributed by atoms with Gasteiger partial charge in [-0.2, -0.15) is 12.7 Å². The van der Waals surface area contributed by atoms with Crippen molar-refractivity contribution < 1.29 is 8.42 Å². The molecule has 0 aliphatic rings. The van der Waals surface area contributed by atoms with Gasteiger partial charge >= 0.3 is 0 Å². The maximum atomic E-state index is 10.5. The van der Waals surface area contributed by atoms with E-state index in [9.17, 15) is 8.42 Å². The van der Waals surface area contributed by atoms with E-state index in [2.05, 4.69) is 15.9 Å². The minimum atomic E-state index is -3.49. The quantitative estimate of drug-likeness (QED) is 0.555. The van der Waals surface area contributed by atoms with Crippen molar-refractivity contribution in [3.63, 3.8) is 0 Å². The van der Waals surface area contributed by atoms with Crippen molar-refractivity contribution in [3.8, 4) is 0 Å². The average Bonchev–Trinajstić information content (AvgIpc) is 1.80. The van der Waals surface area contributed by atoms with Crippen LogP contribution in [0, 0.1) is 0 Å². The smallest absolute Gasteiger partial charge is 0.195 e. The zero-order valence-electron chi connectivity index (χ0n) is 5.55. The van der Waals surface area contributed by atoms with Crippen LogP contribution < -0.4 is 0 Å². The Bertz CT molecular complexity index is 182. The second kappa shape index (κ2) is 4.54. The molecule has 0 aliphatic carbocycles. The number of nitrogens with zero attached hydrogens (tertiary/aromatic N) is 1. The van der Waals surface area contributed by atoms with E-state index >= 15 is 0 Å². The van der Waals surface area contributed by atoms with E-state index in [0.717, 1.165) is 16.1 Å². The summed E-state index contributed by atoms with van der Waals surface area (Å²) in [7, 11) is 2.96. The summed E-state index contributed by atoms with van der Waals surface area (Å²) in [5, 5.41) is 0.781. The van der Waals surface area contributed by atoms with Gasteiger partial charge in [0.25, 0.3) is 9.24 Å². The van der Waals surface area contributed by atoms with E-state index < -0.39 is 9.24 Å². The number of hydrogen-bond donors (Lipinski definition) is 0. The van der Waals surface area contributed by atoms with Crippen LogP contribution in [0.15, 0.2) is 0 Å². The second-order valence-electron chi connectivity index (χ2n) is 1.81. The molecule has 0 aromatic carbocycles. The van der Waals surface area contributed by atoms with Crippen LogP contribution in [0.4, 0.5) is 0 Å². The molecule has 0 bridgehead atoms. The van der Waals surface area contributed by atoms with E-state index in [1.807, 2.05) is 0 Å². The first-order valence-electron chi connectivity index (χ1n) is 2.70. The Morgan fingerprint density at radius 1 is 1.60 bits per heavy atom. The van der Waals surface area contributed by atoms with Gasteiger partial charge < -0.3 is 0 Å². The van der Waals surface area contributed by atoms with Gasteiger partial charge in [-0.25, -0.2) is 0 Å². The predicted octanol–water partition coefficient (Wildman–Crippen LogP) is 1.19. The van der Waals surface area contributed by atoms with Crippen LogP contribution in [0.2, 0.25) is 0 Å². The minimum absolute atomic E-state index is 0.455. The van der Waals surface area contributed by atoms with Crippen molar-refractivity contribution >= 4 is 35.8 Å². The number of halogens is 2. The third-order valence-electron chi connectivity index (χ3n) is 0.979. The summed E-state index contributed by atoms with van der Waals surface area (Å²) >= 11 is 3.18. The Hall–Kier alpha value is 0.680. The SMILES string of the molecule is CN(CCCBr)S(=O)(=O)Cl. The van der Waals surface area contributed by atoms with Gasteiger partial charge in [0, 0.05) is 29.6 Å². The Labute approximate surface area is 74.0 Å². The molecule has 0 rings (SSSR count). The van der Waals surface area contributed by atoms with Crippen molar-refractivity contribution in [2.75, 3.05) is 18.9 Å². The van der Waals surface area contributed by atoms with E-state index in [0.29, 0.717) is 6.54 Å². The normalized spacial score (nSPS) is 12.4. The first-order valence-corrected chi connectivity index (χ1v) is 6.09. The topological polar surface area (TPSA) is 37.4 Å². The van der Waals surface area contributed by atoms with Crippen molar-refractivity contribution in [2.45, 2.75) is 6.42 Å². The van der Waals surface area contributed by atoms with Crippen LogP contribution in [-0.2, 0) is 9.24 Å². The highest BCUT2D eigenvalue weighted by atomic mass is 79.9. The van der Waals surface area contributed by atoms with Gasteiger partial charge in [0.05, 0.1) is 0 Å². The molecule has 0 radical (unpaired) electrons. The lowest BCUT2D eigenvalue weighted by Gasteiger charge is -2.09. The lowest BCUT2D eigenvalue weighted by atomic mass is 10.5. The van der Waals surface area contributed by atoms with Gasteiger partial charge in [-0.05, 0) is 6.42 Å². The van der Waals surface area contributed by atoms with Crippen molar-refractivity contribution in [2.24, 2.45) is 0 Å². The standard InChI is InChI=1S/C4H9BrClNO2S/c1-7(4-2-3-5)10(6,8)9/h2-4H2,1H3. The maximum absolute atomic E-state index is 10.5. The molecular weight excluding hydrogens is 241 g/mol. The third-order valence-corrected chi connectivity index (χ3v) is 3.17. The van der Waals surface area contributed by atoms with Crippen molar-refractivity contribution in [1.82, 2.24) is 4.31 Å². The minimum Gasteiger partial charge on any atom is -0.195 e. The number of hydrogen-bond acceptors (Lipinski definition) is 2. The maximum Gasteiger partial charge on any atom is 0.299 e. The van der Waals surface area contributed by atoms with Gasteiger partial charge in [0.1, 0.15) is 0 Å². The molecule has 0 aromatic rings. The molecule has 0 unspecified atom stereocenters. The highest BCUT2D eigenvalue weighted by molar-refractivity contribution is 9.09. The molecule has 0 heterocycles. The van der Waals surface area contributed by atoms with Gasteiger partial charge in [0.15, 0.2) is 0 Å². The molecule has 10 heavy (non-hydrogen) atoms. The third kappa shape index (κ3) is 4.49. The van der Waals surface area contributed by atoms with Gasteiger partial charge in [-0.15, -0.1) is 0 Å². The van der Waals surface area contributed by atoms with Crippen LogP contribution in [-0.4, -0.2) is 31.6 Å². The van der Waals surface area contributed by atoms with E-state index in [4.69, 9.17) is 10.7 Å².